The largest absolute Gasteiger partial charge is 0.442 e. The van der Waals surface area contributed by atoms with E-state index in [0.29, 0.717) is 23.2 Å². The summed E-state index contributed by atoms with van der Waals surface area (Å²) in [6, 6.07) is 4.45. The maximum atomic E-state index is 14.8. The lowest BCUT2D eigenvalue weighted by Gasteiger charge is -2.19. The topological polar surface area (TPSA) is 129 Å². The number of rotatable bonds is 7. The van der Waals surface area contributed by atoms with Crippen molar-refractivity contribution in [3.05, 3.63) is 35.7 Å². The van der Waals surface area contributed by atoms with E-state index in [1.807, 2.05) is 0 Å². The van der Waals surface area contributed by atoms with E-state index in [0.717, 1.165) is 0 Å². The normalized spacial score (nSPS) is 24.4. The Balaban J connectivity index is 1.70. The second-order valence-corrected chi connectivity index (χ2v) is 10.0. The number of cyclic esters (lactones) is 1. The van der Waals surface area contributed by atoms with Crippen molar-refractivity contribution in [1.82, 2.24) is 5.32 Å². The van der Waals surface area contributed by atoms with E-state index in [9.17, 15) is 23.3 Å². The minimum Gasteiger partial charge on any atom is -0.442 e. The van der Waals surface area contributed by atoms with Crippen molar-refractivity contribution in [1.29, 1.82) is 0 Å². The molecule has 2 aliphatic heterocycles. The Hall–Kier alpha value is -2.50. The molecule has 9 nitrogen and oxygen atoms in total. The number of nitrogens with one attached hydrogen (secondary N) is 1. The zero-order valence-corrected chi connectivity index (χ0v) is 17.9. The molecule has 3 rings (SSSR count). The molecule has 11 heteroatoms. The molecule has 0 saturated carbocycles. The Bertz CT molecular complexity index is 1000. The summed E-state index contributed by atoms with van der Waals surface area (Å²) in [6.07, 6.45) is -0.110. The van der Waals surface area contributed by atoms with E-state index in [-0.39, 0.29) is 37.0 Å². The molecule has 0 radical (unpaired) electrons. The summed E-state index contributed by atoms with van der Waals surface area (Å²) in [5.41, 5.74) is 1.42. The van der Waals surface area contributed by atoms with Gasteiger partial charge in [-0.25, -0.2) is 17.8 Å². The summed E-state index contributed by atoms with van der Waals surface area (Å²) in [5, 5.41) is 20.8. The van der Waals surface area contributed by atoms with Crippen LogP contribution in [-0.2, 0) is 19.3 Å². The van der Waals surface area contributed by atoms with E-state index in [4.69, 9.17) is 9.84 Å². The molecule has 0 bridgehead atoms. The highest BCUT2D eigenvalue weighted by molar-refractivity contribution is 7.93. The quantitative estimate of drug-likeness (QED) is 0.560. The first-order valence-electron chi connectivity index (χ1n) is 9.89. The smallest absolute Gasteiger partial charge is 0.414 e. The molecule has 1 fully saturated rings. The zero-order valence-electron chi connectivity index (χ0n) is 17.1. The summed E-state index contributed by atoms with van der Waals surface area (Å²) in [7, 11) is -2.54. The monoisotopic (exact) mass is 455 g/mol. The number of nitrogens with zero attached hydrogens (tertiary/aromatic N) is 2. The van der Waals surface area contributed by atoms with Gasteiger partial charge in [-0.05, 0) is 30.2 Å². The van der Waals surface area contributed by atoms with E-state index < -0.39 is 40.5 Å². The van der Waals surface area contributed by atoms with Crippen molar-refractivity contribution in [2.75, 3.05) is 42.6 Å². The van der Waals surface area contributed by atoms with Gasteiger partial charge in [0.25, 0.3) is 0 Å². The van der Waals surface area contributed by atoms with Crippen molar-refractivity contribution >= 4 is 33.0 Å². The lowest BCUT2D eigenvalue weighted by atomic mass is 10.0. The van der Waals surface area contributed by atoms with Crippen LogP contribution in [0.5, 0.6) is 0 Å². The number of carbonyl (C=O) groups excluding carboxylic acids is 2. The van der Waals surface area contributed by atoms with Crippen molar-refractivity contribution < 1.29 is 33.1 Å². The molecule has 1 aromatic rings. The van der Waals surface area contributed by atoms with Crippen molar-refractivity contribution in [2.45, 2.75) is 25.6 Å². The molecule has 2 aliphatic rings. The molecule has 3 N–H and O–H groups in total. The highest BCUT2D eigenvalue weighted by Gasteiger charge is 2.33. The number of hydrogen-bond donors (Lipinski definition) is 3. The highest BCUT2D eigenvalue weighted by Crippen LogP contribution is 2.30. The standard InChI is InChI=1S/C20H26FN3O6S/c1-13(26)22-10-17-11-24(20(28)30-17)15-2-3-18(19(21)8-15)14-4-6-31(29,7-5-14)23-9-16(27)12-25/h2-4,8,16-17,25,27H,5-7,9-12H2,1H3,(H,22,26)/t16-,17-,31?/m1/s1. The molecular weight excluding hydrogens is 429 g/mol. The predicted molar refractivity (Wildman–Crippen MR) is 114 cm³/mol. The Kier molecular flexibility index (Phi) is 7.29. The maximum Gasteiger partial charge on any atom is 0.414 e. The number of anilines is 1. The number of carbonyl (C=O) groups is 2. The Labute approximate surface area is 180 Å². The van der Waals surface area contributed by atoms with Gasteiger partial charge in [-0.1, -0.05) is 6.08 Å². The molecule has 31 heavy (non-hydrogen) atoms. The van der Waals surface area contributed by atoms with Gasteiger partial charge in [0.05, 0.1) is 53.5 Å². The average Bonchev–Trinajstić information content (AvgIpc) is 3.12. The van der Waals surface area contributed by atoms with E-state index >= 15 is 0 Å². The van der Waals surface area contributed by atoms with Gasteiger partial charge in [0, 0.05) is 18.2 Å². The molecule has 1 aromatic carbocycles. The van der Waals surface area contributed by atoms with Crippen molar-refractivity contribution in [2.24, 2.45) is 4.36 Å². The number of ether oxygens (including phenoxy) is 1. The molecule has 0 aliphatic carbocycles. The molecule has 170 valence electrons. The fourth-order valence-corrected chi connectivity index (χ4v) is 5.20. The molecule has 1 unspecified atom stereocenters. The number of hydrogen-bond acceptors (Lipinski definition) is 7. The molecule has 0 aromatic heterocycles. The van der Waals surface area contributed by atoms with Gasteiger partial charge in [0.1, 0.15) is 11.9 Å². The van der Waals surface area contributed by atoms with Gasteiger partial charge in [-0.3, -0.25) is 9.69 Å². The molecule has 2 heterocycles. The van der Waals surface area contributed by atoms with E-state index in [1.165, 1.54) is 17.9 Å². The lowest BCUT2D eigenvalue weighted by molar-refractivity contribution is -0.119. The predicted octanol–water partition coefficient (Wildman–Crippen LogP) is 0.895. The third-order valence-corrected chi connectivity index (χ3v) is 7.22. The number of amides is 2. The van der Waals surface area contributed by atoms with Gasteiger partial charge in [-0.15, -0.1) is 0 Å². The third kappa shape index (κ3) is 5.81. The fourth-order valence-electron chi connectivity index (χ4n) is 3.36. The number of aliphatic hydroxyl groups excluding tert-OH is 2. The molecule has 0 spiro atoms. The van der Waals surface area contributed by atoms with Gasteiger partial charge >= 0.3 is 6.09 Å². The van der Waals surface area contributed by atoms with Gasteiger partial charge in [0.15, 0.2) is 0 Å². The average molecular weight is 456 g/mol. The summed E-state index contributed by atoms with van der Waals surface area (Å²) >= 11 is 0. The first-order chi connectivity index (χ1) is 14.7. The van der Waals surface area contributed by atoms with Gasteiger partial charge in [-0.2, -0.15) is 0 Å². The van der Waals surface area contributed by atoms with Crippen LogP contribution in [0.2, 0.25) is 0 Å². The fraction of sp³-hybridized carbons (Fsp3) is 0.500. The van der Waals surface area contributed by atoms with Gasteiger partial charge in [0.2, 0.25) is 5.91 Å². The Morgan fingerprint density at radius 2 is 2.26 bits per heavy atom. The zero-order chi connectivity index (χ0) is 22.6. The van der Waals surface area contributed by atoms with Crippen LogP contribution in [0.4, 0.5) is 14.9 Å². The van der Waals surface area contributed by atoms with Crippen LogP contribution in [0.25, 0.3) is 5.57 Å². The minimum absolute atomic E-state index is 0.101. The highest BCUT2D eigenvalue weighted by atomic mass is 32.2. The van der Waals surface area contributed by atoms with Gasteiger partial charge < -0.3 is 20.3 Å². The second-order valence-electron chi connectivity index (χ2n) is 7.49. The third-order valence-electron chi connectivity index (χ3n) is 5.07. The van der Waals surface area contributed by atoms with E-state index in [1.54, 1.807) is 18.2 Å². The second kappa shape index (κ2) is 9.75. The summed E-state index contributed by atoms with van der Waals surface area (Å²) in [5.74, 6) is -0.360. The van der Waals surface area contributed by atoms with Crippen molar-refractivity contribution in [3.63, 3.8) is 0 Å². The number of allylic oxidation sites excluding steroid dienone is 1. The first kappa shape index (κ1) is 23.2. The van der Waals surface area contributed by atoms with Crippen LogP contribution >= 0.6 is 0 Å². The van der Waals surface area contributed by atoms with E-state index in [2.05, 4.69) is 9.68 Å². The Morgan fingerprint density at radius 1 is 1.48 bits per heavy atom. The number of benzene rings is 1. The molecule has 2 amide bonds. The minimum atomic E-state index is -2.54. The van der Waals surface area contributed by atoms with Crippen LogP contribution in [-0.4, -0.2) is 76.4 Å². The van der Waals surface area contributed by atoms with Crippen LogP contribution in [0.3, 0.4) is 0 Å². The molecule has 1 saturated heterocycles. The SMILES string of the molecule is CC(=O)NC[C@@H]1CN(c2ccc(C3=CCS(=O)(=NC[C@@H](O)CO)CC3)c(F)c2)C(=O)O1. The number of halogens is 1. The van der Waals surface area contributed by atoms with Crippen LogP contribution in [0.15, 0.2) is 28.6 Å². The summed E-state index contributed by atoms with van der Waals surface area (Å²) < 4.78 is 36.8. The summed E-state index contributed by atoms with van der Waals surface area (Å²) in [6.45, 7) is 1.20. The maximum absolute atomic E-state index is 14.8. The van der Waals surface area contributed by atoms with Crippen LogP contribution in [0.1, 0.15) is 18.9 Å². The summed E-state index contributed by atoms with van der Waals surface area (Å²) in [4.78, 5) is 24.4. The Morgan fingerprint density at radius 3 is 2.87 bits per heavy atom. The molecular formula is C20H26FN3O6S. The first-order valence-corrected chi connectivity index (χ1v) is 11.7. The van der Waals surface area contributed by atoms with Crippen LogP contribution < -0.4 is 10.2 Å². The van der Waals surface area contributed by atoms with Crippen LogP contribution in [0, 0.1) is 5.82 Å². The lowest BCUT2D eigenvalue weighted by Crippen LogP contribution is -2.33. The van der Waals surface area contributed by atoms with Crippen molar-refractivity contribution in [3.8, 4) is 0 Å². The molecule has 3 atom stereocenters. The number of aliphatic hydroxyl groups is 2.